The Labute approximate surface area is 361 Å². The van der Waals surface area contributed by atoms with Crippen molar-refractivity contribution in [3.05, 3.63) is 182 Å². The molecule has 0 radical (unpaired) electrons. The van der Waals surface area contributed by atoms with Gasteiger partial charge in [-0.25, -0.2) is 15.0 Å². The van der Waals surface area contributed by atoms with E-state index < -0.39 is 142 Å². The predicted molar refractivity (Wildman–Crippen MR) is 240 cm³/mol. The molecule has 0 fully saturated rings. The number of rotatable bonds is 4. The van der Waals surface area contributed by atoms with Gasteiger partial charge in [0, 0.05) is 65.5 Å². The van der Waals surface area contributed by atoms with Gasteiger partial charge in [0.1, 0.15) is 22.3 Å². The molecule has 0 spiro atoms. The average Bonchev–Trinajstić information content (AvgIpc) is 4.36. The van der Waals surface area contributed by atoms with Gasteiger partial charge in [-0.05, 0) is 59.2 Å². The average molecular weight is 773 g/mol. The van der Waals surface area contributed by atoms with Crippen LogP contribution in [-0.2, 0) is 0 Å². The maximum atomic E-state index is 9.99. The quantitative estimate of drug-likeness (QED) is 0.178. The summed E-state index contributed by atoms with van der Waals surface area (Å²) in [4.78, 5) is 14.9. The standard InChI is InChI=1S/C53H30N4O2/c1-2-16-34(17-3-1)57-43-23-11-8-20-37(43)38-27-26-33(30-44(38)57)51-54-52(41-28-31-14-4-6-18-35(31)49-47(41)39-21-9-12-24-45(39)58-49)56-53(55-51)42-29-32-15-5-7-19-36(32)50-48(42)40-22-10-13-25-46(40)59-50/h1-30H/i4D,5D,6D,7D,9D,10D,12D,13D,14D,15D,18D,19D,21D,22D,24D,25D,28D,29D. The first-order chi connectivity index (χ1) is 36.7. The smallest absolute Gasteiger partial charge is 0.164 e. The molecule has 0 amide bonds. The Morgan fingerprint density at radius 1 is 0.441 bits per heavy atom. The highest BCUT2D eigenvalue weighted by atomic mass is 16.3. The van der Waals surface area contributed by atoms with Gasteiger partial charge >= 0.3 is 0 Å². The molecule has 0 aliphatic heterocycles. The van der Waals surface area contributed by atoms with Crippen LogP contribution in [0, 0.1) is 0 Å². The molecule has 0 saturated heterocycles. The third kappa shape index (κ3) is 4.71. The third-order valence-electron chi connectivity index (χ3n) is 10.5. The highest BCUT2D eigenvalue weighted by molar-refractivity contribution is 6.22. The second-order valence-corrected chi connectivity index (χ2v) is 13.7. The molecule has 0 aliphatic rings. The molecule has 9 aromatic carbocycles. The third-order valence-corrected chi connectivity index (χ3v) is 10.5. The molecule has 0 N–H and O–H groups in total. The predicted octanol–water partition coefficient (Wildman–Crippen LogP) is 14.1. The highest BCUT2D eigenvalue weighted by Crippen LogP contribution is 2.44. The molecule has 13 rings (SSSR count). The number of hydrogen-bond acceptors (Lipinski definition) is 5. The molecule has 6 heteroatoms. The van der Waals surface area contributed by atoms with Crippen LogP contribution < -0.4 is 0 Å². The fourth-order valence-corrected chi connectivity index (χ4v) is 8.03. The summed E-state index contributed by atoms with van der Waals surface area (Å²) < 4.78 is 177. The number of hydrogen-bond donors (Lipinski definition) is 0. The summed E-state index contributed by atoms with van der Waals surface area (Å²) in [5, 5.41) is -0.789. The molecular formula is C53H30N4O2. The van der Waals surface area contributed by atoms with E-state index in [1.165, 1.54) is 0 Å². The number of furan rings is 2. The molecule has 0 saturated carbocycles. The number of benzene rings is 9. The monoisotopic (exact) mass is 772 g/mol. The van der Waals surface area contributed by atoms with Crippen molar-refractivity contribution in [2.75, 3.05) is 0 Å². The lowest BCUT2D eigenvalue weighted by atomic mass is 9.98. The largest absolute Gasteiger partial charge is 0.455 e. The van der Waals surface area contributed by atoms with E-state index in [9.17, 15) is 5.48 Å². The Kier molecular flexibility index (Phi) is 4.01. The van der Waals surface area contributed by atoms with Crippen LogP contribution in [0.5, 0.6) is 0 Å². The summed E-state index contributed by atoms with van der Waals surface area (Å²) in [5.41, 5.74) is 0.309. The lowest BCUT2D eigenvalue weighted by Gasteiger charge is -2.12. The van der Waals surface area contributed by atoms with Crippen molar-refractivity contribution in [3.8, 4) is 39.9 Å². The summed E-state index contributed by atoms with van der Waals surface area (Å²) in [5.74, 6) is -1.11. The van der Waals surface area contributed by atoms with Gasteiger partial charge in [0.05, 0.1) is 35.7 Å². The molecule has 13 aromatic rings. The molecule has 274 valence electrons. The van der Waals surface area contributed by atoms with E-state index in [1.54, 1.807) is 12.1 Å². The van der Waals surface area contributed by atoms with Crippen LogP contribution in [-0.4, -0.2) is 19.5 Å². The second kappa shape index (κ2) is 12.2. The zero-order valence-corrected chi connectivity index (χ0v) is 30.0. The molecule has 6 nitrogen and oxygen atoms in total. The van der Waals surface area contributed by atoms with E-state index in [0.29, 0.717) is 5.52 Å². The normalized spacial score (nSPS) is 16.3. The molecule has 0 bridgehead atoms. The summed E-state index contributed by atoms with van der Waals surface area (Å²) in [6.45, 7) is 0. The maximum absolute atomic E-state index is 9.99. The van der Waals surface area contributed by atoms with Gasteiger partial charge in [0.25, 0.3) is 0 Å². The zero-order chi connectivity index (χ0) is 54.3. The van der Waals surface area contributed by atoms with Crippen LogP contribution in [0.3, 0.4) is 0 Å². The van der Waals surface area contributed by atoms with E-state index in [2.05, 4.69) is 0 Å². The molecule has 4 heterocycles. The minimum atomic E-state index is -0.723. The van der Waals surface area contributed by atoms with E-state index >= 15 is 0 Å². The summed E-state index contributed by atoms with van der Waals surface area (Å²) in [7, 11) is 0. The number of nitrogens with zero attached hydrogens (tertiary/aromatic N) is 4. The van der Waals surface area contributed by atoms with Crippen LogP contribution in [0.15, 0.2) is 190 Å². The summed E-state index contributed by atoms with van der Waals surface area (Å²) >= 11 is 0. The zero-order valence-electron chi connectivity index (χ0n) is 48.0. The fourth-order valence-electron chi connectivity index (χ4n) is 8.03. The first kappa shape index (κ1) is 19.4. The van der Waals surface area contributed by atoms with Gasteiger partial charge in [-0.1, -0.05) is 133 Å². The van der Waals surface area contributed by atoms with Gasteiger partial charge in [0.15, 0.2) is 17.5 Å². The van der Waals surface area contributed by atoms with Crippen molar-refractivity contribution in [2.45, 2.75) is 0 Å². The van der Waals surface area contributed by atoms with E-state index in [-0.39, 0.29) is 66.0 Å². The lowest BCUT2D eigenvalue weighted by Crippen LogP contribution is -2.01. The number of aromatic nitrogens is 4. The molecule has 0 aliphatic carbocycles. The Bertz CT molecular complexity index is 4690. The van der Waals surface area contributed by atoms with Crippen molar-refractivity contribution >= 4 is 87.2 Å². The number of fused-ring (bicyclic) bond motifs is 13. The van der Waals surface area contributed by atoms with Crippen LogP contribution in [0.2, 0.25) is 0 Å². The summed E-state index contributed by atoms with van der Waals surface area (Å²) in [6, 6.07) is 10.5. The van der Waals surface area contributed by atoms with Crippen molar-refractivity contribution in [1.29, 1.82) is 0 Å². The van der Waals surface area contributed by atoms with Crippen LogP contribution in [0.1, 0.15) is 24.7 Å². The Balaban J connectivity index is 1.27. The van der Waals surface area contributed by atoms with Gasteiger partial charge in [-0.2, -0.15) is 0 Å². The Hall–Kier alpha value is -8.09. The highest BCUT2D eigenvalue weighted by Gasteiger charge is 2.24. The minimum Gasteiger partial charge on any atom is -0.455 e. The van der Waals surface area contributed by atoms with Gasteiger partial charge in [-0.3, -0.25) is 0 Å². The van der Waals surface area contributed by atoms with Gasteiger partial charge < -0.3 is 13.4 Å². The fraction of sp³-hybridized carbons (Fsp3) is 0. The van der Waals surface area contributed by atoms with Crippen LogP contribution >= 0.6 is 0 Å². The minimum absolute atomic E-state index is 0.175. The number of para-hydroxylation sites is 4. The van der Waals surface area contributed by atoms with Crippen molar-refractivity contribution in [3.63, 3.8) is 0 Å². The molecule has 4 aromatic heterocycles. The molecule has 0 atom stereocenters. The Morgan fingerprint density at radius 2 is 0.949 bits per heavy atom. The van der Waals surface area contributed by atoms with E-state index in [4.69, 9.17) is 43.0 Å². The van der Waals surface area contributed by atoms with Gasteiger partial charge in [0.2, 0.25) is 0 Å². The van der Waals surface area contributed by atoms with Gasteiger partial charge in [-0.15, -0.1) is 0 Å². The Morgan fingerprint density at radius 3 is 1.58 bits per heavy atom. The summed E-state index contributed by atoms with van der Waals surface area (Å²) in [6.07, 6.45) is 0. The van der Waals surface area contributed by atoms with Crippen LogP contribution in [0.4, 0.5) is 0 Å². The lowest BCUT2D eigenvalue weighted by molar-refractivity contribution is 0.672. The first-order valence-corrected chi connectivity index (χ1v) is 18.3. The van der Waals surface area contributed by atoms with Crippen LogP contribution in [0.25, 0.3) is 127 Å². The molecule has 59 heavy (non-hydrogen) atoms. The maximum Gasteiger partial charge on any atom is 0.164 e. The van der Waals surface area contributed by atoms with Crippen molar-refractivity contribution in [1.82, 2.24) is 19.5 Å². The van der Waals surface area contributed by atoms with Crippen molar-refractivity contribution in [2.24, 2.45) is 0 Å². The van der Waals surface area contributed by atoms with E-state index in [1.807, 2.05) is 65.2 Å². The molecule has 0 unspecified atom stereocenters. The molecular weight excluding hydrogens is 725 g/mol. The second-order valence-electron chi connectivity index (χ2n) is 13.7. The van der Waals surface area contributed by atoms with E-state index in [0.717, 1.165) is 22.0 Å². The SMILES string of the molecule is [2H]c1c([2H])c([2H])c2c(oc3c4c([2H])c([2H])c([2H])c([2H])c4c([2H])c(-c4nc(-c5ccc6c7ccccc7n(-c7ccccc7)c6c5)nc(-c5c([2H])c6c([2H])c([2H])c([2H])c([2H])c6c6oc7c([2H])c([2H])c([2H])c([2H])c7c56)n4)c32)c1[2H]. The first-order valence-electron chi connectivity index (χ1n) is 27.3. The van der Waals surface area contributed by atoms with Crippen molar-refractivity contribution < 1.29 is 33.5 Å². The topological polar surface area (TPSA) is 69.9 Å².